The van der Waals surface area contributed by atoms with Crippen LogP contribution >= 0.6 is 0 Å². The molecular weight excluding hydrogens is 264 g/mol. The Hall–Kier alpha value is -2.30. The van der Waals surface area contributed by atoms with Gasteiger partial charge < -0.3 is 15.4 Å². The van der Waals surface area contributed by atoms with Gasteiger partial charge in [0.15, 0.2) is 11.6 Å². The molecule has 1 aromatic heterocycles. The van der Waals surface area contributed by atoms with Crippen molar-refractivity contribution in [1.29, 1.82) is 0 Å². The molecule has 0 saturated carbocycles. The highest BCUT2D eigenvalue weighted by atomic mass is 16.5. The second-order valence-corrected chi connectivity index (χ2v) is 4.71. The van der Waals surface area contributed by atoms with Crippen molar-refractivity contribution in [2.24, 2.45) is 0 Å². The minimum Gasteiger partial charge on any atom is -0.490 e. The Bertz CT molecular complexity index is 569. The number of hydrogen-bond donors (Lipinski definition) is 2. The van der Waals surface area contributed by atoms with Crippen LogP contribution in [0.15, 0.2) is 30.6 Å². The summed E-state index contributed by atoms with van der Waals surface area (Å²) in [7, 11) is 1.63. The van der Waals surface area contributed by atoms with Gasteiger partial charge in [0.1, 0.15) is 6.33 Å². The third-order valence-electron chi connectivity index (χ3n) is 3.18. The van der Waals surface area contributed by atoms with E-state index in [9.17, 15) is 0 Å². The molecule has 0 aliphatic rings. The van der Waals surface area contributed by atoms with E-state index in [2.05, 4.69) is 46.6 Å². The summed E-state index contributed by atoms with van der Waals surface area (Å²) in [5.74, 6) is 2.00. The minimum atomic E-state index is 0.630. The van der Waals surface area contributed by atoms with Crippen molar-refractivity contribution < 1.29 is 4.74 Å². The van der Waals surface area contributed by atoms with Gasteiger partial charge in [0.05, 0.1) is 7.11 Å². The van der Waals surface area contributed by atoms with Crippen molar-refractivity contribution >= 4 is 17.3 Å². The first-order valence-electron chi connectivity index (χ1n) is 7.27. The molecule has 21 heavy (non-hydrogen) atoms. The lowest BCUT2D eigenvalue weighted by atomic mass is 10.1. The van der Waals surface area contributed by atoms with Crippen LogP contribution in [-0.2, 0) is 6.42 Å². The fourth-order valence-electron chi connectivity index (χ4n) is 1.99. The second kappa shape index (κ2) is 7.47. The van der Waals surface area contributed by atoms with E-state index >= 15 is 0 Å². The number of methoxy groups -OCH3 is 1. The normalized spacial score (nSPS) is 10.2. The SMILES string of the molecule is CCCNc1ncnc(Nc2ccc(CC)cc2)c1OC. The number of aromatic nitrogens is 2. The van der Waals surface area contributed by atoms with Gasteiger partial charge in [0.25, 0.3) is 0 Å². The van der Waals surface area contributed by atoms with Gasteiger partial charge in [-0.3, -0.25) is 0 Å². The Labute approximate surface area is 125 Å². The Morgan fingerprint density at radius 1 is 1.05 bits per heavy atom. The average molecular weight is 286 g/mol. The lowest BCUT2D eigenvalue weighted by molar-refractivity contribution is 0.415. The molecule has 2 N–H and O–H groups in total. The van der Waals surface area contributed by atoms with Crippen LogP contribution in [0.25, 0.3) is 0 Å². The molecule has 0 radical (unpaired) electrons. The third kappa shape index (κ3) is 3.84. The van der Waals surface area contributed by atoms with Crippen LogP contribution in [0.1, 0.15) is 25.8 Å². The summed E-state index contributed by atoms with van der Waals surface area (Å²) in [6.07, 6.45) is 3.58. The number of anilines is 3. The number of benzene rings is 1. The van der Waals surface area contributed by atoms with Gasteiger partial charge in [0.2, 0.25) is 5.75 Å². The molecule has 112 valence electrons. The standard InChI is InChI=1S/C16H22N4O/c1-4-10-17-15-14(21-3)16(19-11-18-15)20-13-8-6-12(5-2)7-9-13/h6-9,11H,4-5,10H2,1-3H3,(H2,17,18,19,20). The van der Waals surface area contributed by atoms with Crippen LogP contribution in [0.5, 0.6) is 5.75 Å². The van der Waals surface area contributed by atoms with Crippen LogP contribution in [0, 0.1) is 0 Å². The van der Waals surface area contributed by atoms with E-state index in [-0.39, 0.29) is 0 Å². The Kier molecular flexibility index (Phi) is 5.37. The molecule has 5 heteroatoms. The van der Waals surface area contributed by atoms with Crippen LogP contribution in [0.3, 0.4) is 0 Å². The molecule has 0 aliphatic heterocycles. The van der Waals surface area contributed by atoms with Gasteiger partial charge in [0, 0.05) is 12.2 Å². The zero-order valence-electron chi connectivity index (χ0n) is 12.8. The lowest BCUT2D eigenvalue weighted by Crippen LogP contribution is -2.07. The van der Waals surface area contributed by atoms with E-state index in [1.54, 1.807) is 7.11 Å². The number of rotatable bonds is 7. The smallest absolute Gasteiger partial charge is 0.204 e. The number of hydrogen-bond acceptors (Lipinski definition) is 5. The highest BCUT2D eigenvalue weighted by Gasteiger charge is 2.11. The molecule has 1 heterocycles. The molecule has 1 aromatic carbocycles. The monoisotopic (exact) mass is 286 g/mol. The quantitative estimate of drug-likeness (QED) is 0.814. The van der Waals surface area contributed by atoms with Crippen molar-refractivity contribution in [3.05, 3.63) is 36.2 Å². The number of nitrogens with zero attached hydrogens (tertiary/aromatic N) is 2. The Morgan fingerprint density at radius 3 is 2.38 bits per heavy atom. The maximum Gasteiger partial charge on any atom is 0.204 e. The van der Waals surface area contributed by atoms with Crippen molar-refractivity contribution in [3.8, 4) is 5.75 Å². The third-order valence-corrected chi connectivity index (χ3v) is 3.18. The maximum atomic E-state index is 5.44. The molecule has 2 aromatic rings. The highest BCUT2D eigenvalue weighted by molar-refractivity contribution is 5.69. The summed E-state index contributed by atoms with van der Waals surface area (Å²) in [6.45, 7) is 5.09. The summed E-state index contributed by atoms with van der Waals surface area (Å²) in [6, 6.07) is 8.29. The van der Waals surface area contributed by atoms with Crippen molar-refractivity contribution in [2.75, 3.05) is 24.3 Å². The lowest BCUT2D eigenvalue weighted by Gasteiger charge is -2.14. The number of ether oxygens (including phenoxy) is 1. The van der Waals surface area contributed by atoms with Crippen molar-refractivity contribution in [3.63, 3.8) is 0 Å². The zero-order valence-corrected chi connectivity index (χ0v) is 12.8. The molecule has 0 amide bonds. The summed E-state index contributed by atoms with van der Waals surface area (Å²) < 4.78 is 5.44. The van der Waals surface area contributed by atoms with Gasteiger partial charge in [-0.05, 0) is 30.5 Å². The molecule has 0 bridgehead atoms. The van der Waals surface area contributed by atoms with Crippen LogP contribution in [-0.4, -0.2) is 23.6 Å². The molecule has 0 aliphatic carbocycles. The van der Waals surface area contributed by atoms with E-state index in [1.165, 1.54) is 11.9 Å². The summed E-state index contributed by atoms with van der Waals surface area (Å²) >= 11 is 0. The first-order valence-corrected chi connectivity index (χ1v) is 7.27. The topological polar surface area (TPSA) is 59.1 Å². The average Bonchev–Trinajstić information content (AvgIpc) is 2.53. The first-order chi connectivity index (χ1) is 10.3. The van der Waals surface area contributed by atoms with Gasteiger partial charge in [-0.25, -0.2) is 9.97 Å². The predicted molar refractivity (Wildman–Crippen MR) is 86.5 cm³/mol. The van der Waals surface area contributed by atoms with Gasteiger partial charge in [-0.2, -0.15) is 0 Å². The van der Waals surface area contributed by atoms with E-state index < -0.39 is 0 Å². The molecular formula is C16H22N4O. The summed E-state index contributed by atoms with van der Waals surface area (Å²) in [4.78, 5) is 8.50. The predicted octanol–water partition coefficient (Wildman–Crippen LogP) is 3.61. The van der Waals surface area contributed by atoms with Crippen molar-refractivity contribution in [1.82, 2.24) is 9.97 Å². The molecule has 2 rings (SSSR count). The number of nitrogens with one attached hydrogen (secondary N) is 2. The highest BCUT2D eigenvalue weighted by Crippen LogP contribution is 2.31. The first kappa shape index (κ1) is 15.1. The van der Waals surface area contributed by atoms with Crippen LogP contribution in [0.2, 0.25) is 0 Å². The molecule has 0 spiro atoms. The van der Waals surface area contributed by atoms with Gasteiger partial charge in [-0.1, -0.05) is 26.0 Å². The second-order valence-electron chi connectivity index (χ2n) is 4.71. The fraction of sp³-hybridized carbons (Fsp3) is 0.375. The maximum absolute atomic E-state index is 5.44. The largest absolute Gasteiger partial charge is 0.490 e. The van der Waals surface area contributed by atoms with E-state index in [0.717, 1.165) is 25.1 Å². The molecule has 5 nitrogen and oxygen atoms in total. The fourth-order valence-corrected chi connectivity index (χ4v) is 1.99. The Morgan fingerprint density at radius 2 is 1.76 bits per heavy atom. The number of aryl methyl sites for hydroxylation is 1. The summed E-state index contributed by atoms with van der Waals surface area (Å²) in [5.41, 5.74) is 2.28. The van der Waals surface area contributed by atoms with Gasteiger partial charge >= 0.3 is 0 Å². The zero-order chi connectivity index (χ0) is 15.1. The summed E-state index contributed by atoms with van der Waals surface area (Å²) in [5, 5.41) is 6.52. The van der Waals surface area contributed by atoms with E-state index in [0.29, 0.717) is 17.4 Å². The Balaban J connectivity index is 2.21. The molecule has 0 fully saturated rings. The van der Waals surface area contributed by atoms with Crippen LogP contribution < -0.4 is 15.4 Å². The minimum absolute atomic E-state index is 0.630. The van der Waals surface area contributed by atoms with Crippen LogP contribution in [0.4, 0.5) is 17.3 Å². The molecule has 0 unspecified atom stereocenters. The molecule has 0 saturated heterocycles. The van der Waals surface area contributed by atoms with Gasteiger partial charge in [-0.15, -0.1) is 0 Å². The van der Waals surface area contributed by atoms with Crippen molar-refractivity contribution in [2.45, 2.75) is 26.7 Å². The van der Waals surface area contributed by atoms with E-state index in [1.807, 2.05) is 12.1 Å². The van der Waals surface area contributed by atoms with E-state index in [4.69, 9.17) is 4.74 Å². The molecule has 0 atom stereocenters.